The molecule has 1 N–H and O–H groups in total. The van der Waals surface area contributed by atoms with Gasteiger partial charge in [0.15, 0.2) is 5.79 Å². The lowest BCUT2D eigenvalue weighted by Gasteiger charge is -2.22. The van der Waals surface area contributed by atoms with E-state index in [-0.39, 0.29) is 5.82 Å². The molecule has 1 saturated heterocycles. The topological polar surface area (TPSA) is 43.4 Å². The van der Waals surface area contributed by atoms with Crippen LogP contribution in [0.2, 0.25) is 0 Å². The van der Waals surface area contributed by atoms with Crippen LogP contribution in [0.3, 0.4) is 0 Å². The molecule has 4 nitrogen and oxygen atoms in total. The number of pyridine rings is 1. The highest BCUT2D eigenvalue weighted by atomic mass is 19.4. The number of nitrogens with zero attached hydrogens (tertiary/aromatic N) is 1. The quantitative estimate of drug-likeness (QED) is 0.918. The van der Waals surface area contributed by atoms with E-state index in [9.17, 15) is 13.2 Å². The van der Waals surface area contributed by atoms with Crippen molar-refractivity contribution in [1.82, 2.24) is 4.98 Å². The highest BCUT2D eigenvalue weighted by Crippen LogP contribution is 2.30. The van der Waals surface area contributed by atoms with Gasteiger partial charge in [-0.05, 0) is 19.1 Å². The Kier molecular flexibility index (Phi) is 3.96. The summed E-state index contributed by atoms with van der Waals surface area (Å²) in [5, 5.41) is 2.84. The lowest BCUT2D eigenvalue weighted by molar-refractivity contribution is -0.144. The van der Waals surface area contributed by atoms with Gasteiger partial charge in [0.2, 0.25) is 0 Å². The van der Waals surface area contributed by atoms with Crippen molar-refractivity contribution in [3.63, 3.8) is 0 Å². The summed E-state index contributed by atoms with van der Waals surface area (Å²) in [4.78, 5) is 3.85. The Bertz CT molecular complexity index is 431. The molecule has 0 radical (unpaired) electrons. The Morgan fingerprint density at radius 2 is 2.05 bits per heavy atom. The van der Waals surface area contributed by atoms with E-state index in [2.05, 4.69) is 10.3 Å². The van der Waals surface area contributed by atoms with Gasteiger partial charge in [-0.1, -0.05) is 0 Å². The molecule has 2 heterocycles. The average molecular weight is 276 g/mol. The third kappa shape index (κ3) is 3.81. The molecule has 106 valence electrons. The van der Waals surface area contributed by atoms with Crippen molar-refractivity contribution >= 4 is 5.82 Å². The number of alkyl halides is 3. The van der Waals surface area contributed by atoms with Crippen LogP contribution >= 0.6 is 0 Å². The summed E-state index contributed by atoms with van der Waals surface area (Å²) in [7, 11) is 0. The number of aromatic nitrogens is 1. The molecular weight excluding hydrogens is 261 g/mol. The largest absolute Gasteiger partial charge is 0.416 e. The maximum absolute atomic E-state index is 12.5. The lowest BCUT2D eigenvalue weighted by atomic mass is 10.2. The minimum Gasteiger partial charge on any atom is -0.370 e. The Morgan fingerprint density at radius 3 is 2.68 bits per heavy atom. The van der Waals surface area contributed by atoms with E-state index >= 15 is 0 Å². The zero-order chi connectivity index (χ0) is 13.9. The van der Waals surface area contributed by atoms with Crippen molar-refractivity contribution in [2.24, 2.45) is 0 Å². The predicted octanol–water partition coefficient (Wildman–Crippen LogP) is 2.67. The van der Waals surface area contributed by atoms with Crippen molar-refractivity contribution in [2.75, 3.05) is 25.1 Å². The van der Waals surface area contributed by atoms with Crippen LogP contribution in [-0.4, -0.2) is 30.5 Å². The summed E-state index contributed by atoms with van der Waals surface area (Å²) < 4.78 is 48.3. The van der Waals surface area contributed by atoms with E-state index in [0.29, 0.717) is 26.2 Å². The van der Waals surface area contributed by atoms with Gasteiger partial charge in [0.05, 0.1) is 18.8 Å². The molecule has 0 aliphatic carbocycles. The molecule has 0 unspecified atom stereocenters. The fraction of sp³-hybridized carbons (Fsp3) is 0.583. The fourth-order valence-corrected chi connectivity index (χ4v) is 1.82. The third-order valence-corrected chi connectivity index (χ3v) is 2.87. The van der Waals surface area contributed by atoms with Gasteiger partial charge in [-0.2, -0.15) is 13.2 Å². The van der Waals surface area contributed by atoms with Gasteiger partial charge in [0.25, 0.3) is 0 Å². The van der Waals surface area contributed by atoms with Crippen LogP contribution in [0.1, 0.15) is 18.9 Å². The third-order valence-electron chi connectivity index (χ3n) is 2.87. The number of nitrogens with one attached hydrogen (secondary N) is 1. The minimum absolute atomic E-state index is 0.191. The highest BCUT2D eigenvalue weighted by Gasteiger charge is 2.31. The van der Waals surface area contributed by atoms with Gasteiger partial charge in [0.1, 0.15) is 5.82 Å². The summed E-state index contributed by atoms with van der Waals surface area (Å²) in [6.07, 6.45) is -2.69. The zero-order valence-corrected chi connectivity index (χ0v) is 10.5. The van der Waals surface area contributed by atoms with Gasteiger partial charge in [-0.25, -0.2) is 4.98 Å². The predicted molar refractivity (Wildman–Crippen MR) is 62.7 cm³/mol. The number of hydrogen-bond acceptors (Lipinski definition) is 4. The molecule has 0 spiro atoms. The van der Waals surface area contributed by atoms with Crippen molar-refractivity contribution in [3.05, 3.63) is 23.9 Å². The molecule has 0 amide bonds. The first-order chi connectivity index (χ1) is 8.89. The molecule has 0 bridgehead atoms. The fourth-order valence-electron chi connectivity index (χ4n) is 1.82. The molecule has 0 saturated carbocycles. The maximum atomic E-state index is 12.5. The summed E-state index contributed by atoms with van der Waals surface area (Å²) in [5.74, 6) is -0.467. The first kappa shape index (κ1) is 14.1. The molecule has 1 aromatic rings. The van der Waals surface area contributed by atoms with Gasteiger partial charge < -0.3 is 14.8 Å². The molecular formula is C12H15F3N2O2. The summed E-state index contributed by atoms with van der Waals surface area (Å²) >= 11 is 0. The Balaban J connectivity index is 1.89. The molecule has 2 rings (SSSR count). The molecule has 0 aromatic carbocycles. The second kappa shape index (κ2) is 5.34. The maximum Gasteiger partial charge on any atom is 0.416 e. The van der Waals surface area contributed by atoms with Crippen molar-refractivity contribution in [3.8, 4) is 0 Å². The first-order valence-corrected chi connectivity index (χ1v) is 5.94. The number of rotatable bonds is 4. The van der Waals surface area contributed by atoms with E-state index < -0.39 is 17.5 Å². The lowest BCUT2D eigenvalue weighted by Crippen LogP contribution is -2.28. The van der Waals surface area contributed by atoms with Crippen LogP contribution in [-0.2, 0) is 15.7 Å². The SMILES string of the molecule is CC1(CCNc2cc(C(F)(F)F)ccn2)OCCO1. The van der Waals surface area contributed by atoms with Gasteiger partial charge in [0, 0.05) is 19.2 Å². The van der Waals surface area contributed by atoms with Crippen LogP contribution in [0, 0.1) is 0 Å². The van der Waals surface area contributed by atoms with E-state index in [4.69, 9.17) is 9.47 Å². The van der Waals surface area contributed by atoms with E-state index in [1.54, 1.807) is 6.92 Å². The van der Waals surface area contributed by atoms with Crippen molar-refractivity contribution in [1.29, 1.82) is 0 Å². The monoisotopic (exact) mass is 276 g/mol. The number of ether oxygens (including phenoxy) is 2. The molecule has 1 aliphatic rings. The summed E-state index contributed by atoms with van der Waals surface area (Å²) in [6.45, 7) is 3.31. The van der Waals surface area contributed by atoms with Gasteiger partial charge in [-0.15, -0.1) is 0 Å². The van der Waals surface area contributed by atoms with Crippen LogP contribution in [0.15, 0.2) is 18.3 Å². The second-order valence-electron chi connectivity index (χ2n) is 4.44. The molecule has 7 heteroatoms. The second-order valence-corrected chi connectivity index (χ2v) is 4.44. The Morgan fingerprint density at radius 1 is 1.37 bits per heavy atom. The Labute approximate surface area is 108 Å². The molecule has 0 atom stereocenters. The van der Waals surface area contributed by atoms with Crippen LogP contribution in [0.25, 0.3) is 0 Å². The van der Waals surface area contributed by atoms with E-state index in [1.165, 1.54) is 0 Å². The van der Waals surface area contributed by atoms with E-state index in [0.717, 1.165) is 18.3 Å². The van der Waals surface area contributed by atoms with Crippen LogP contribution < -0.4 is 5.32 Å². The van der Waals surface area contributed by atoms with Gasteiger partial charge in [-0.3, -0.25) is 0 Å². The number of hydrogen-bond donors (Lipinski definition) is 1. The zero-order valence-electron chi connectivity index (χ0n) is 10.5. The Hall–Kier alpha value is -1.34. The minimum atomic E-state index is -4.36. The average Bonchev–Trinajstić information content (AvgIpc) is 2.76. The van der Waals surface area contributed by atoms with Crippen molar-refractivity contribution in [2.45, 2.75) is 25.3 Å². The summed E-state index contributed by atoms with van der Waals surface area (Å²) in [6, 6.07) is 1.92. The molecule has 1 fully saturated rings. The van der Waals surface area contributed by atoms with E-state index in [1.807, 2.05) is 0 Å². The smallest absolute Gasteiger partial charge is 0.370 e. The number of anilines is 1. The summed E-state index contributed by atoms with van der Waals surface area (Å²) in [5.41, 5.74) is -0.718. The highest BCUT2D eigenvalue weighted by molar-refractivity contribution is 5.38. The molecule has 19 heavy (non-hydrogen) atoms. The van der Waals surface area contributed by atoms with Crippen molar-refractivity contribution < 1.29 is 22.6 Å². The number of halogens is 3. The van der Waals surface area contributed by atoms with Crippen LogP contribution in [0.5, 0.6) is 0 Å². The van der Waals surface area contributed by atoms with Gasteiger partial charge >= 0.3 is 6.18 Å². The van der Waals surface area contributed by atoms with Crippen LogP contribution in [0.4, 0.5) is 19.0 Å². The molecule has 1 aliphatic heterocycles. The first-order valence-electron chi connectivity index (χ1n) is 5.94. The molecule has 1 aromatic heterocycles. The standard InChI is InChI=1S/C12H15F3N2O2/c1-11(18-6-7-19-11)3-5-17-10-8-9(2-4-16-10)12(13,14)15/h2,4,8H,3,5-7H2,1H3,(H,16,17). The normalized spacial score (nSPS) is 18.5.